The van der Waals surface area contributed by atoms with E-state index in [1.165, 1.54) is 10.9 Å². The van der Waals surface area contributed by atoms with Crippen LogP contribution in [0, 0.1) is 5.92 Å². The highest BCUT2D eigenvalue weighted by Gasteiger charge is 2.39. The molecule has 0 spiro atoms. The van der Waals surface area contributed by atoms with Gasteiger partial charge in [0.25, 0.3) is 0 Å². The summed E-state index contributed by atoms with van der Waals surface area (Å²) in [4.78, 5) is 10.5. The second kappa shape index (κ2) is 4.01. The Kier molecular flexibility index (Phi) is 2.47. The molecule has 1 fully saturated rings. The fourth-order valence-corrected chi connectivity index (χ4v) is 2.58. The zero-order valence-corrected chi connectivity index (χ0v) is 10.1. The molecule has 1 saturated carbocycles. The normalized spacial score (nSPS) is 22.1. The molecule has 0 bridgehead atoms. The maximum absolute atomic E-state index is 10.5. The van der Waals surface area contributed by atoms with E-state index in [2.05, 4.69) is 16.5 Å². The minimum atomic E-state index is -0.944. The van der Waals surface area contributed by atoms with Crippen LogP contribution in [-0.4, -0.2) is 27.5 Å². The van der Waals surface area contributed by atoms with E-state index in [4.69, 9.17) is 5.11 Å². The maximum atomic E-state index is 10.5. The number of fused-ring (bicyclic) bond motifs is 1. The molecule has 3 rings (SSSR count). The third kappa shape index (κ3) is 1.92. The molecule has 0 saturated heterocycles. The van der Waals surface area contributed by atoms with Crippen molar-refractivity contribution in [2.45, 2.75) is 12.3 Å². The van der Waals surface area contributed by atoms with Gasteiger partial charge in [-0.05, 0) is 29.9 Å². The fraction of sp³-hybridized carbons (Fsp3) is 0.385. The maximum Gasteiger partial charge on any atom is 0.404 e. The first-order chi connectivity index (χ1) is 8.65. The van der Waals surface area contributed by atoms with Gasteiger partial charge in [-0.2, -0.15) is 5.10 Å². The molecule has 94 valence electrons. The quantitative estimate of drug-likeness (QED) is 0.868. The lowest BCUT2D eigenvalue weighted by atomic mass is 10.0. The SMILES string of the molecule is Cn1cc2c([C@@H]3C[C@H]3CNC(=O)O)cccc2n1. The van der Waals surface area contributed by atoms with Crippen LogP contribution in [0.1, 0.15) is 17.9 Å². The van der Waals surface area contributed by atoms with Crippen molar-refractivity contribution in [3.63, 3.8) is 0 Å². The zero-order valence-electron chi connectivity index (χ0n) is 10.1. The van der Waals surface area contributed by atoms with E-state index in [0.717, 1.165) is 11.9 Å². The van der Waals surface area contributed by atoms with Gasteiger partial charge in [0.15, 0.2) is 0 Å². The highest BCUT2D eigenvalue weighted by molar-refractivity contribution is 5.82. The number of hydrogen-bond donors (Lipinski definition) is 2. The lowest BCUT2D eigenvalue weighted by molar-refractivity contribution is 0.194. The fourth-order valence-electron chi connectivity index (χ4n) is 2.58. The highest BCUT2D eigenvalue weighted by Crippen LogP contribution is 2.48. The number of carboxylic acid groups (broad SMARTS) is 1. The summed E-state index contributed by atoms with van der Waals surface area (Å²) in [6.45, 7) is 0.538. The second-order valence-electron chi connectivity index (χ2n) is 4.87. The van der Waals surface area contributed by atoms with Crippen molar-refractivity contribution in [1.82, 2.24) is 15.1 Å². The van der Waals surface area contributed by atoms with Gasteiger partial charge in [0.05, 0.1) is 5.52 Å². The van der Waals surface area contributed by atoms with E-state index in [1.807, 2.05) is 30.1 Å². The molecule has 0 aliphatic heterocycles. The largest absolute Gasteiger partial charge is 0.465 e. The Morgan fingerprint density at radius 1 is 1.61 bits per heavy atom. The lowest BCUT2D eigenvalue weighted by Gasteiger charge is -2.02. The van der Waals surface area contributed by atoms with Gasteiger partial charge in [0.2, 0.25) is 0 Å². The van der Waals surface area contributed by atoms with Crippen LogP contribution in [-0.2, 0) is 7.05 Å². The van der Waals surface area contributed by atoms with Gasteiger partial charge in [-0.25, -0.2) is 4.79 Å². The van der Waals surface area contributed by atoms with Crippen molar-refractivity contribution >= 4 is 17.0 Å². The Labute approximate surface area is 104 Å². The molecule has 1 aliphatic carbocycles. The number of benzene rings is 1. The summed E-state index contributed by atoms with van der Waals surface area (Å²) in [7, 11) is 1.92. The molecule has 1 aromatic carbocycles. The molecule has 5 nitrogen and oxygen atoms in total. The molecule has 5 heteroatoms. The van der Waals surface area contributed by atoms with Crippen molar-refractivity contribution in [3.8, 4) is 0 Å². The average molecular weight is 245 g/mol. The van der Waals surface area contributed by atoms with Crippen LogP contribution >= 0.6 is 0 Å². The van der Waals surface area contributed by atoms with Gasteiger partial charge in [0, 0.05) is 25.2 Å². The smallest absolute Gasteiger partial charge is 0.404 e. The molecule has 2 aromatic rings. The Hall–Kier alpha value is -2.04. The Balaban J connectivity index is 1.81. The number of nitrogens with zero attached hydrogens (tertiary/aromatic N) is 2. The Bertz CT molecular complexity index is 605. The molecule has 0 unspecified atom stereocenters. The highest BCUT2D eigenvalue weighted by atomic mass is 16.4. The molecule has 2 N–H and O–H groups in total. The molecule has 2 atom stereocenters. The van der Waals surface area contributed by atoms with E-state index in [0.29, 0.717) is 18.4 Å². The van der Waals surface area contributed by atoms with Gasteiger partial charge in [-0.1, -0.05) is 12.1 Å². The Morgan fingerprint density at radius 3 is 3.22 bits per heavy atom. The van der Waals surface area contributed by atoms with Crippen LogP contribution in [0.5, 0.6) is 0 Å². The predicted molar refractivity (Wildman–Crippen MR) is 67.6 cm³/mol. The van der Waals surface area contributed by atoms with E-state index in [9.17, 15) is 4.79 Å². The van der Waals surface area contributed by atoms with Crippen LogP contribution in [0.3, 0.4) is 0 Å². The molecule has 1 aromatic heterocycles. The van der Waals surface area contributed by atoms with E-state index in [-0.39, 0.29) is 0 Å². The van der Waals surface area contributed by atoms with Crippen LogP contribution in [0.2, 0.25) is 0 Å². The van der Waals surface area contributed by atoms with Crippen LogP contribution < -0.4 is 5.32 Å². The summed E-state index contributed by atoms with van der Waals surface area (Å²) in [5.41, 5.74) is 2.30. The molecule has 1 amide bonds. The topological polar surface area (TPSA) is 67.2 Å². The summed E-state index contributed by atoms with van der Waals surface area (Å²) in [6, 6.07) is 6.14. The number of rotatable bonds is 3. The minimum Gasteiger partial charge on any atom is -0.465 e. The first kappa shape index (κ1) is 11.1. The van der Waals surface area contributed by atoms with E-state index in [1.54, 1.807) is 0 Å². The van der Waals surface area contributed by atoms with E-state index >= 15 is 0 Å². The van der Waals surface area contributed by atoms with Gasteiger partial charge in [0.1, 0.15) is 0 Å². The van der Waals surface area contributed by atoms with Crippen molar-refractivity contribution in [3.05, 3.63) is 30.0 Å². The molecular formula is C13H15N3O2. The van der Waals surface area contributed by atoms with Gasteiger partial charge < -0.3 is 10.4 Å². The van der Waals surface area contributed by atoms with Crippen LogP contribution in [0.25, 0.3) is 10.9 Å². The first-order valence-electron chi connectivity index (χ1n) is 6.04. The lowest BCUT2D eigenvalue weighted by Crippen LogP contribution is -2.23. The van der Waals surface area contributed by atoms with Crippen molar-refractivity contribution in [2.75, 3.05) is 6.54 Å². The molecule has 1 aliphatic rings. The monoisotopic (exact) mass is 245 g/mol. The van der Waals surface area contributed by atoms with E-state index < -0.39 is 6.09 Å². The number of aromatic nitrogens is 2. The van der Waals surface area contributed by atoms with Gasteiger partial charge >= 0.3 is 6.09 Å². The third-order valence-corrected chi connectivity index (χ3v) is 3.54. The standard InChI is InChI=1S/C13H15N3O2/c1-16-7-11-9(3-2-4-12(11)15-16)10-5-8(10)6-14-13(17)18/h2-4,7-8,10,14H,5-6H2,1H3,(H,17,18)/t8-,10+/m0/s1. The zero-order chi connectivity index (χ0) is 12.7. The number of hydrogen-bond acceptors (Lipinski definition) is 2. The molecule has 0 radical (unpaired) electrons. The predicted octanol–water partition coefficient (Wildman–Crippen LogP) is 1.94. The molecular weight excluding hydrogens is 230 g/mol. The number of aryl methyl sites for hydroxylation is 1. The second-order valence-corrected chi connectivity index (χ2v) is 4.87. The van der Waals surface area contributed by atoms with Gasteiger partial charge in [-0.3, -0.25) is 4.68 Å². The average Bonchev–Trinajstić information content (AvgIpc) is 2.98. The number of nitrogens with one attached hydrogen (secondary N) is 1. The number of amides is 1. The molecule has 18 heavy (non-hydrogen) atoms. The summed E-state index contributed by atoms with van der Waals surface area (Å²) in [5.74, 6) is 0.886. The van der Waals surface area contributed by atoms with Crippen molar-refractivity contribution in [1.29, 1.82) is 0 Å². The first-order valence-corrected chi connectivity index (χ1v) is 6.04. The number of carbonyl (C=O) groups is 1. The van der Waals surface area contributed by atoms with Gasteiger partial charge in [-0.15, -0.1) is 0 Å². The summed E-state index contributed by atoms with van der Waals surface area (Å²) in [5, 5.41) is 16.6. The molecule has 1 heterocycles. The van der Waals surface area contributed by atoms with Crippen LogP contribution in [0.15, 0.2) is 24.4 Å². The van der Waals surface area contributed by atoms with Crippen LogP contribution in [0.4, 0.5) is 4.79 Å². The third-order valence-electron chi connectivity index (χ3n) is 3.54. The summed E-state index contributed by atoms with van der Waals surface area (Å²) in [6.07, 6.45) is 2.14. The van der Waals surface area contributed by atoms with Crippen molar-refractivity contribution in [2.24, 2.45) is 13.0 Å². The Morgan fingerprint density at radius 2 is 2.44 bits per heavy atom. The summed E-state index contributed by atoms with van der Waals surface area (Å²) < 4.78 is 1.82. The minimum absolute atomic E-state index is 0.423. The summed E-state index contributed by atoms with van der Waals surface area (Å²) >= 11 is 0. The van der Waals surface area contributed by atoms with Crippen molar-refractivity contribution < 1.29 is 9.90 Å².